The number of carbonyl (C=O) groups is 1. The van der Waals surface area contributed by atoms with Crippen molar-refractivity contribution in [3.63, 3.8) is 0 Å². The predicted molar refractivity (Wildman–Crippen MR) is 246 cm³/mol. The van der Waals surface area contributed by atoms with Crippen LogP contribution in [0.1, 0.15) is 104 Å². The molecular formula is C47H55N2Na3O14S4. The van der Waals surface area contributed by atoms with E-state index in [0.717, 1.165) is 69.9 Å². The van der Waals surface area contributed by atoms with Crippen LogP contribution in [0.4, 0.5) is 11.4 Å². The van der Waals surface area contributed by atoms with Gasteiger partial charge in [0.05, 0.1) is 31.9 Å². The molecule has 70 heavy (non-hydrogen) atoms. The van der Waals surface area contributed by atoms with E-state index in [2.05, 4.69) is 30.9 Å². The fraction of sp³-hybridized carbons (Fsp3) is 0.426. The molecule has 2 unspecified atom stereocenters. The number of fused-ring (bicyclic) bond motifs is 2. The molecule has 0 fully saturated rings. The molecule has 0 saturated carbocycles. The SMILES string of the molecule is CC(=O)CCCCC[NH+]1c2ccc(S(=O)(=O)[O-])cc2C(C)(C)C1/C=C/C1=C(Oc2ccc(S(=O)(=O)[O-])cc2)C(=C/C=C2/N(CCCCS(=O)(=O)[O-])c3cc[c-]cc3C2(C)C)/CCC1.O=S(=O)=O.[Na+].[Na+].[Na+]. The molecule has 6 rings (SSSR count). The Balaban J connectivity index is 0.00000231. The number of Topliss-reactive ketones (excluding diaryl/α,β-unsaturated/α-hetero) is 1. The molecule has 2 atom stereocenters. The van der Waals surface area contributed by atoms with Gasteiger partial charge in [-0.1, -0.05) is 31.7 Å². The van der Waals surface area contributed by atoms with Gasteiger partial charge in [0.2, 0.25) is 0 Å². The number of carbonyl (C=O) groups excluding carboxylic acids is 1. The number of benzene rings is 3. The van der Waals surface area contributed by atoms with Gasteiger partial charge in [-0.25, -0.2) is 25.3 Å². The van der Waals surface area contributed by atoms with Crippen molar-refractivity contribution in [2.45, 2.75) is 119 Å². The van der Waals surface area contributed by atoms with E-state index in [1.165, 1.54) is 36.4 Å². The van der Waals surface area contributed by atoms with Crippen molar-refractivity contribution >= 4 is 58.1 Å². The number of hydrogen-bond donors (Lipinski definition) is 1. The third-order valence-electron chi connectivity index (χ3n) is 12.5. The summed E-state index contributed by atoms with van der Waals surface area (Å²) in [6, 6.07) is 18.6. The van der Waals surface area contributed by atoms with E-state index in [4.69, 9.17) is 17.4 Å². The van der Waals surface area contributed by atoms with Gasteiger partial charge in [-0.3, -0.25) is 4.90 Å². The van der Waals surface area contributed by atoms with Gasteiger partial charge in [-0.2, -0.15) is 18.2 Å². The minimum atomic E-state index is -4.71. The summed E-state index contributed by atoms with van der Waals surface area (Å²) in [5.41, 5.74) is 5.27. The van der Waals surface area contributed by atoms with Crippen LogP contribution in [0.5, 0.6) is 5.75 Å². The van der Waals surface area contributed by atoms with E-state index in [1.54, 1.807) is 13.0 Å². The molecule has 0 saturated heterocycles. The third kappa shape index (κ3) is 17.1. The summed E-state index contributed by atoms with van der Waals surface area (Å²) in [6.07, 6.45) is 13.8. The van der Waals surface area contributed by atoms with Crippen LogP contribution in [0.3, 0.4) is 0 Å². The minimum Gasteiger partial charge on any atom is -0.748 e. The molecule has 1 N–H and O–H groups in total. The van der Waals surface area contributed by atoms with Gasteiger partial charge >= 0.3 is 99.3 Å². The molecule has 2 aliphatic heterocycles. The number of rotatable bonds is 18. The van der Waals surface area contributed by atoms with Crippen molar-refractivity contribution in [1.29, 1.82) is 0 Å². The molecule has 1 aliphatic carbocycles. The molecule has 16 nitrogen and oxygen atoms in total. The maximum absolute atomic E-state index is 12.1. The number of ketones is 1. The van der Waals surface area contributed by atoms with E-state index in [9.17, 15) is 43.7 Å². The third-order valence-corrected chi connectivity index (χ3v) is 14.9. The van der Waals surface area contributed by atoms with E-state index < -0.39 is 57.5 Å². The monoisotopic (exact) mass is 1070 g/mol. The molecule has 3 aromatic rings. The topological polar surface area (TPSA) is 257 Å². The quantitative estimate of drug-likeness (QED) is 0.0565. The summed E-state index contributed by atoms with van der Waals surface area (Å²) < 4.78 is 138. The number of hydrogen-bond acceptors (Lipinski definition) is 15. The maximum Gasteiger partial charge on any atom is 1.00 e. The van der Waals surface area contributed by atoms with E-state index in [1.807, 2.05) is 50.3 Å². The van der Waals surface area contributed by atoms with Gasteiger partial charge in [0.25, 0.3) is 0 Å². The van der Waals surface area contributed by atoms with Crippen molar-refractivity contribution in [3.05, 3.63) is 125 Å². The summed E-state index contributed by atoms with van der Waals surface area (Å²) in [7, 11) is -16.9. The number of nitrogens with zero attached hydrogens (tertiary/aromatic N) is 1. The largest absolute Gasteiger partial charge is 1.00 e. The number of allylic oxidation sites excluding steroid dienone is 6. The Bertz CT molecular complexity index is 2930. The van der Waals surface area contributed by atoms with Crippen LogP contribution in [-0.4, -0.2) is 82.2 Å². The average molecular weight is 1070 g/mol. The van der Waals surface area contributed by atoms with Crippen molar-refractivity contribution < 1.29 is 155 Å². The number of anilines is 1. The van der Waals surface area contributed by atoms with Crippen molar-refractivity contribution in [1.82, 2.24) is 0 Å². The Morgan fingerprint density at radius 1 is 0.829 bits per heavy atom. The number of nitrogens with one attached hydrogen (secondary N) is 1. The predicted octanol–water partition coefficient (Wildman–Crippen LogP) is -3.36. The molecule has 3 aromatic carbocycles. The summed E-state index contributed by atoms with van der Waals surface area (Å²) in [4.78, 5) is 14.2. The van der Waals surface area contributed by atoms with Gasteiger partial charge in [-0.15, -0.1) is 24.3 Å². The second-order valence-corrected chi connectivity index (χ2v) is 22.6. The smallest absolute Gasteiger partial charge is 0.748 e. The number of unbranched alkanes of at least 4 members (excludes halogenated alkanes) is 3. The standard InChI is InChI=1S/C47H57N2O11S3.3Na.O3S/c1-33(50)14-7-6-10-29-49-42-26-25-38(63(57,58)59)32-40(42)47(4,5)44(49)28-20-35-16-13-15-34(45(35)60-36-21-23-37(24-22-36)62(54,55)56)19-27-43-46(2,3)39-17-8-9-18-41(39)48(43)30-11-12-31-61(51,52)53;;;;1-4(2)3/h9,17-28,32,44H,6-7,10-16,29-31H2,1-5H3,(H,51,52,53)(H,54,55,56)(H,57,58,59);;;;/q-1;3*+1;/p-2/b28-20+,34-19+,43-27+;;;;. The van der Waals surface area contributed by atoms with Gasteiger partial charge in [-0.05, 0) is 137 Å². The summed E-state index contributed by atoms with van der Waals surface area (Å²) in [6.45, 7) is 11.0. The van der Waals surface area contributed by atoms with Crippen molar-refractivity contribution in [3.8, 4) is 5.75 Å². The Morgan fingerprint density at radius 3 is 2.06 bits per heavy atom. The molecular weight excluding hydrogens is 1010 g/mol. The first kappa shape index (κ1) is 64.3. The molecule has 0 radical (unpaired) electrons. The Labute approximate surface area is 480 Å². The Morgan fingerprint density at radius 2 is 1.46 bits per heavy atom. The van der Waals surface area contributed by atoms with Crippen LogP contribution >= 0.6 is 0 Å². The maximum atomic E-state index is 12.1. The molecule has 0 aromatic heterocycles. The molecule has 0 amide bonds. The first-order valence-corrected chi connectivity index (χ1v) is 27.1. The zero-order valence-electron chi connectivity index (χ0n) is 40.9. The second kappa shape index (κ2) is 27.1. The van der Waals surface area contributed by atoms with Crippen LogP contribution in [0.15, 0.2) is 117 Å². The number of quaternary nitrogens is 1. The molecule has 0 bridgehead atoms. The molecule has 2 heterocycles. The normalized spacial score (nSPS) is 19.3. The van der Waals surface area contributed by atoms with Crippen LogP contribution in [-0.2, 0) is 56.6 Å². The van der Waals surface area contributed by atoms with E-state index >= 15 is 0 Å². The molecule has 0 spiro atoms. The van der Waals surface area contributed by atoms with E-state index in [0.29, 0.717) is 50.3 Å². The Kier molecular flexibility index (Phi) is 24.9. The van der Waals surface area contributed by atoms with Gasteiger partial charge in [0, 0.05) is 36.0 Å². The number of ether oxygens (including phenoxy) is 1. The van der Waals surface area contributed by atoms with Crippen LogP contribution in [0.25, 0.3) is 0 Å². The first-order chi connectivity index (χ1) is 31.2. The van der Waals surface area contributed by atoms with Crippen LogP contribution in [0.2, 0.25) is 0 Å². The zero-order chi connectivity index (χ0) is 49.5. The van der Waals surface area contributed by atoms with Gasteiger partial charge in [0.1, 0.15) is 49.3 Å². The molecule has 3 aliphatic rings. The fourth-order valence-electron chi connectivity index (χ4n) is 9.16. The van der Waals surface area contributed by atoms with E-state index in [-0.39, 0.29) is 117 Å². The first-order valence-electron chi connectivity index (χ1n) is 21.7. The van der Waals surface area contributed by atoms with Crippen molar-refractivity contribution in [2.24, 2.45) is 0 Å². The van der Waals surface area contributed by atoms with Crippen LogP contribution in [0, 0.1) is 6.07 Å². The van der Waals surface area contributed by atoms with Gasteiger partial charge in [0.15, 0.2) is 0 Å². The zero-order valence-corrected chi connectivity index (χ0v) is 50.2. The average Bonchev–Trinajstić information content (AvgIpc) is 3.57. The minimum absolute atomic E-state index is 0. The summed E-state index contributed by atoms with van der Waals surface area (Å²) in [5.74, 6) is 0.567. The summed E-state index contributed by atoms with van der Waals surface area (Å²) in [5, 5.41) is 0. The van der Waals surface area contributed by atoms with Gasteiger partial charge < -0.3 is 28.1 Å². The summed E-state index contributed by atoms with van der Waals surface area (Å²) >= 11 is 0. The Hall–Kier alpha value is -1.80. The molecule has 23 heteroatoms. The second-order valence-electron chi connectivity index (χ2n) is 17.9. The van der Waals surface area contributed by atoms with Crippen LogP contribution < -0.4 is 103 Å². The fourth-order valence-corrected chi connectivity index (χ4v) is 10.7. The van der Waals surface area contributed by atoms with Crippen molar-refractivity contribution in [2.75, 3.05) is 23.7 Å². The molecule has 364 valence electrons.